The highest BCUT2D eigenvalue weighted by Crippen LogP contribution is 2.47. The molecule has 1 saturated heterocycles. The SMILES string of the molecule is Cc1c(C)c(C2(O)CCOCC2)c(O[SiH3])c(CO[Si](C)(C)C(C)(C)C)c1C(C)(C)C. The molecule has 172 valence electrons. The van der Waals surface area contributed by atoms with E-state index in [2.05, 4.69) is 68.5 Å². The lowest BCUT2D eigenvalue weighted by Gasteiger charge is -2.40. The zero-order valence-electron chi connectivity index (χ0n) is 21.2. The summed E-state index contributed by atoms with van der Waals surface area (Å²) in [7, 11) is -1.38. The second-order valence-corrected chi connectivity index (χ2v) is 16.7. The lowest BCUT2D eigenvalue weighted by molar-refractivity contribution is -0.0690. The van der Waals surface area contributed by atoms with Gasteiger partial charge in [-0.05, 0) is 54.1 Å². The monoisotopic (exact) mass is 452 g/mol. The molecular formula is C24H44O4Si2. The number of hydrogen-bond acceptors (Lipinski definition) is 4. The van der Waals surface area contributed by atoms with Gasteiger partial charge in [-0.1, -0.05) is 41.5 Å². The molecule has 30 heavy (non-hydrogen) atoms. The molecule has 1 aliphatic rings. The van der Waals surface area contributed by atoms with Crippen molar-refractivity contribution in [2.75, 3.05) is 13.2 Å². The van der Waals surface area contributed by atoms with Gasteiger partial charge in [0.1, 0.15) is 5.75 Å². The van der Waals surface area contributed by atoms with Gasteiger partial charge < -0.3 is 18.7 Å². The van der Waals surface area contributed by atoms with Crippen LogP contribution in [0.1, 0.15) is 82.2 Å². The van der Waals surface area contributed by atoms with Gasteiger partial charge in [0.15, 0.2) is 8.32 Å². The average molecular weight is 453 g/mol. The van der Waals surface area contributed by atoms with Gasteiger partial charge in [0, 0.05) is 37.2 Å². The first-order valence-corrected chi connectivity index (χ1v) is 14.9. The maximum Gasteiger partial charge on any atom is 0.204 e. The van der Waals surface area contributed by atoms with Crippen LogP contribution in [0.3, 0.4) is 0 Å². The Bertz CT molecular complexity index is 767. The smallest absolute Gasteiger partial charge is 0.204 e. The highest BCUT2D eigenvalue weighted by Gasteiger charge is 2.41. The minimum Gasteiger partial charge on any atom is -0.553 e. The number of rotatable bonds is 5. The first-order chi connectivity index (χ1) is 13.6. The molecule has 0 amide bonds. The Morgan fingerprint density at radius 2 is 1.57 bits per heavy atom. The van der Waals surface area contributed by atoms with E-state index in [4.69, 9.17) is 13.6 Å². The summed E-state index contributed by atoms with van der Waals surface area (Å²) in [5, 5.41) is 11.8. The van der Waals surface area contributed by atoms with Crippen molar-refractivity contribution in [2.45, 2.75) is 104 Å². The van der Waals surface area contributed by atoms with Crippen LogP contribution in [0.25, 0.3) is 0 Å². The molecule has 0 bridgehead atoms. The number of benzene rings is 1. The zero-order valence-corrected chi connectivity index (χ0v) is 24.2. The molecule has 0 saturated carbocycles. The van der Waals surface area contributed by atoms with Crippen LogP contribution in [0.15, 0.2) is 0 Å². The Labute approximate surface area is 188 Å². The van der Waals surface area contributed by atoms with Crippen LogP contribution in [0.2, 0.25) is 18.1 Å². The number of ether oxygens (including phenoxy) is 1. The van der Waals surface area contributed by atoms with Crippen molar-refractivity contribution in [3.63, 3.8) is 0 Å². The molecule has 1 aromatic rings. The molecule has 0 radical (unpaired) electrons. The van der Waals surface area contributed by atoms with E-state index in [0.717, 1.165) is 22.4 Å². The van der Waals surface area contributed by atoms with E-state index in [9.17, 15) is 5.11 Å². The van der Waals surface area contributed by atoms with Gasteiger partial charge in [-0.3, -0.25) is 0 Å². The van der Waals surface area contributed by atoms with E-state index in [1.54, 1.807) is 0 Å². The summed E-state index contributed by atoms with van der Waals surface area (Å²) >= 11 is 0. The second kappa shape index (κ2) is 8.70. The number of hydrogen-bond donors (Lipinski definition) is 1. The molecule has 0 spiro atoms. The Morgan fingerprint density at radius 1 is 1.03 bits per heavy atom. The highest BCUT2D eigenvalue weighted by molar-refractivity contribution is 6.74. The molecule has 1 N–H and O–H groups in total. The molecule has 1 aliphatic heterocycles. The molecule has 1 heterocycles. The maximum absolute atomic E-state index is 11.7. The highest BCUT2D eigenvalue weighted by atomic mass is 28.4. The Kier molecular flexibility index (Phi) is 7.42. The first kappa shape index (κ1) is 25.6. The summed E-state index contributed by atoms with van der Waals surface area (Å²) in [6.45, 7) is 24.2. The zero-order chi connectivity index (χ0) is 23.1. The van der Waals surface area contributed by atoms with E-state index in [-0.39, 0.29) is 10.5 Å². The van der Waals surface area contributed by atoms with E-state index in [1.165, 1.54) is 11.1 Å². The molecule has 0 aromatic heterocycles. The van der Waals surface area contributed by atoms with Crippen molar-refractivity contribution in [3.8, 4) is 5.75 Å². The van der Waals surface area contributed by atoms with Crippen molar-refractivity contribution in [1.29, 1.82) is 0 Å². The summed E-state index contributed by atoms with van der Waals surface area (Å²) in [6, 6.07) is 0. The van der Waals surface area contributed by atoms with E-state index in [0.29, 0.717) is 43.1 Å². The molecule has 6 heteroatoms. The fourth-order valence-electron chi connectivity index (χ4n) is 4.40. The van der Waals surface area contributed by atoms with Crippen LogP contribution in [0.4, 0.5) is 0 Å². The molecule has 2 rings (SSSR count). The van der Waals surface area contributed by atoms with Crippen molar-refractivity contribution in [2.24, 2.45) is 0 Å². The third kappa shape index (κ3) is 4.88. The van der Waals surface area contributed by atoms with Crippen molar-refractivity contribution in [1.82, 2.24) is 0 Å². The summed E-state index contributed by atoms with van der Waals surface area (Å²) in [5.41, 5.74) is 4.81. The molecule has 0 aliphatic carbocycles. The van der Waals surface area contributed by atoms with Gasteiger partial charge in [-0.25, -0.2) is 0 Å². The lowest BCUT2D eigenvalue weighted by Crippen LogP contribution is -2.41. The van der Waals surface area contributed by atoms with Crippen LogP contribution in [0, 0.1) is 13.8 Å². The summed E-state index contributed by atoms with van der Waals surface area (Å²) in [4.78, 5) is 0. The van der Waals surface area contributed by atoms with Gasteiger partial charge >= 0.3 is 0 Å². The standard InChI is InChI=1S/C24H44O4Si2/c1-16-17(2)20(24(25)11-13-26-14-12-24)21(28-29)18(19(16)22(3,4)5)15-27-30(9,10)23(6,7)8/h25H,11-15H2,1-10,29H3. The third-order valence-electron chi connectivity index (χ3n) is 7.24. The van der Waals surface area contributed by atoms with Crippen LogP contribution in [0.5, 0.6) is 5.75 Å². The first-order valence-electron chi connectivity index (χ1n) is 11.2. The van der Waals surface area contributed by atoms with Crippen molar-refractivity contribution >= 4 is 18.8 Å². The minimum atomic E-state index is -1.94. The van der Waals surface area contributed by atoms with Crippen LogP contribution in [-0.2, 0) is 26.8 Å². The van der Waals surface area contributed by atoms with Crippen LogP contribution >= 0.6 is 0 Å². The normalized spacial score (nSPS) is 18.0. The van der Waals surface area contributed by atoms with E-state index >= 15 is 0 Å². The van der Waals surface area contributed by atoms with Gasteiger partial charge in [-0.2, -0.15) is 0 Å². The van der Waals surface area contributed by atoms with Gasteiger partial charge in [0.2, 0.25) is 10.5 Å². The topological polar surface area (TPSA) is 47.9 Å². The maximum atomic E-state index is 11.7. The van der Waals surface area contributed by atoms with Gasteiger partial charge in [0.05, 0.1) is 12.2 Å². The molecule has 0 atom stereocenters. The minimum absolute atomic E-state index is 0.0490. The fourth-order valence-corrected chi connectivity index (χ4v) is 5.79. The van der Waals surface area contributed by atoms with E-state index < -0.39 is 13.9 Å². The van der Waals surface area contributed by atoms with Crippen LogP contribution in [-0.4, -0.2) is 37.1 Å². The van der Waals surface area contributed by atoms with Gasteiger partial charge in [0.25, 0.3) is 0 Å². The van der Waals surface area contributed by atoms with Gasteiger partial charge in [-0.15, -0.1) is 0 Å². The van der Waals surface area contributed by atoms with Crippen LogP contribution < -0.4 is 4.43 Å². The van der Waals surface area contributed by atoms with Crippen molar-refractivity contribution < 1.29 is 18.7 Å². The quantitative estimate of drug-likeness (QED) is 0.653. The average Bonchev–Trinajstić information content (AvgIpc) is 2.60. The molecule has 4 nitrogen and oxygen atoms in total. The molecular weight excluding hydrogens is 408 g/mol. The second-order valence-electron chi connectivity index (χ2n) is 11.5. The molecule has 0 unspecified atom stereocenters. The molecule has 1 fully saturated rings. The predicted molar refractivity (Wildman–Crippen MR) is 131 cm³/mol. The summed E-state index contributed by atoms with van der Waals surface area (Å²) < 4.78 is 18.4. The third-order valence-corrected chi connectivity index (χ3v) is 12.1. The Morgan fingerprint density at radius 3 is 2.00 bits per heavy atom. The Balaban J connectivity index is 2.74. The van der Waals surface area contributed by atoms with Crippen molar-refractivity contribution in [3.05, 3.63) is 27.8 Å². The predicted octanol–water partition coefficient (Wildman–Crippen LogP) is 4.78. The summed E-state index contributed by atoms with van der Waals surface area (Å²) in [6.07, 6.45) is 1.20. The lowest BCUT2D eigenvalue weighted by atomic mass is 9.74. The van der Waals surface area contributed by atoms with E-state index in [1.807, 2.05) is 0 Å². The largest absolute Gasteiger partial charge is 0.553 e. The summed E-state index contributed by atoms with van der Waals surface area (Å²) in [5.74, 6) is 0.859. The fraction of sp³-hybridized carbons (Fsp3) is 0.750. The number of aliphatic hydroxyl groups is 1. The molecule has 1 aromatic carbocycles. The Hall–Kier alpha value is -0.666.